The number of nitrogens with zero attached hydrogens (tertiary/aromatic N) is 4. The molecule has 0 radical (unpaired) electrons. The van der Waals surface area contributed by atoms with E-state index in [0.717, 1.165) is 42.9 Å². The average Bonchev–Trinajstić information content (AvgIpc) is 3.16. The summed E-state index contributed by atoms with van der Waals surface area (Å²) in [6.45, 7) is 7.84. The first-order chi connectivity index (χ1) is 17.0. The maximum Gasteiger partial charge on any atom is 0.222 e. The number of aromatic nitrogens is 2. The van der Waals surface area contributed by atoms with Gasteiger partial charge in [0, 0.05) is 45.3 Å². The van der Waals surface area contributed by atoms with Gasteiger partial charge in [-0.1, -0.05) is 37.3 Å². The van der Waals surface area contributed by atoms with Crippen LogP contribution in [0, 0.1) is 5.82 Å². The van der Waals surface area contributed by atoms with Crippen molar-refractivity contribution in [2.45, 2.75) is 26.0 Å². The van der Waals surface area contributed by atoms with Crippen LogP contribution in [0.4, 0.5) is 4.39 Å². The van der Waals surface area contributed by atoms with Crippen LogP contribution in [-0.2, 0) is 18.3 Å². The molecule has 188 valence electrons. The number of aliphatic hydroxyl groups is 1. The predicted molar refractivity (Wildman–Crippen MR) is 134 cm³/mol. The minimum atomic E-state index is -0.474. The van der Waals surface area contributed by atoms with Gasteiger partial charge in [0.2, 0.25) is 5.88 Å². The van der Waals surface area contributed by atoms with Gasteiger partial charge in [0.25, 0.3) is 0 Å². The monoisotopic (exact) mass is 482 g/mol. The zero-order valence-electron chi connectivity index (χ0n) is 20.6. The fourth-order valence-electron chi connectivity index (χ4n) is 4.48. The summed E-state index contributed by atoms with van der Waals surface area (Å²) in [7, 11) is 1.85. The fraction of sp³-hybridized carbons (Fsp3) is 0.444. The van der Waals surface area contributed by atoms with Crippen LogP contribution in [0.15, 0.2) is 54.6 Å². The lowest BCUT2D eigenvalue weighted by Crippen LogP contribution is -2.44. The fourth-order valence-corrected chi connectivity index (χ4v) is 4.48. The molecule has 4 rings (SSSR count). The Balaban J connectivity index is 1.59. The molecule has 1 fully saturated rings. The Hall–Kier alpha value is -2.78. The van der Waals surface area contributed by atoms with Crippen LogP contribution < -0.4 is 4.74 Å². The van der Waals surface area contributed by atoms with E-state index in [-0.39, 0.29) is 5.82 Å². The summed E-state index contributed by atoms with van der Waals surface area (Å²) in [5.74, 6) is 0.847. The van der Waals surface area contributed by atoms with Crippen molar-refractivity contribution in [1.82, 2.24) is 19.6 Å². The largest absolute Gasteiger partial charge is 0.439 e. The van der Waals surface area contributed by atoms with Crippen LogP contribution >= 0.6 is 0 Å². The third-order valence-electron chi connectivity index (χ3n) is 6.13. The molecule has 1 atom stereocenters. The summed E-state index contributed by atoms with van der Waals surface area (Å²) < 4.78 is 26.8. The summed E-state index contributed by atoms with van der Waals surface area (Å²) in [6, 6.07) is 16.0. The maximum absolute atomic E-state index is 13.4. The van der Waals surface area contributed by atoms with E-state index in [4.69, 9.17) is 14.6 Å². The summed E-state index contributed by atoms with van der Waals surface area (Å²) >= 11 is 0. The van der Waals surface area contributed by atoms with Crippen molar-refractivity contribution < 1.29 is 19.0 Å². The molecule has 0 saturated carbocycles. The zero-order chi connectivity index (χ0) is 24.6. The quantitative estimate of drug-likeness (QED) is 0.447. The van der Waals surface area contributed by atoms with Crippen molar-refractivity contribution in [3.8, 4) is 22.9 Å². The van der Waals surface area contributed by atoms with Crippen LogP contribution in [0.3, 0.4) is 0 Å². The lowest BCUT2D eigenvalue weighted by Gasteiger charge is -2.31. The van der Waals surface area contributed by atoms with Crippen molar-refractivity contribution in [3.63, 3.8) is 0 Å². The lowest BCUT2D eigenvalue weighted by molar-refractivity contribution is 0.00624. The van der Waals surface area contributed by atoms with Crippen LogP contribution in [0.1, 0.15) is 18.9 Å². The van der Waals surface area contributed by atoms with Gasteiger partial charge in [0.15, 0.2) is 0 Å². The smallest absolute Gasteiger partial charge is 0.222 e. The summed E-state index contributed by atoms with van der Waals surface area (Å²) in [4.78, 5) is 4.51. The third-order valence-corrected chi connectivity index (χ3v) is 6.13. The van der Waals surface area contributed by atoms with Crippen LogP contribution in [-0.4, -0.2) is 76.7 Å². The highest BCUT2D eigenvalue weighted by Gasteiger charge is 2.24. The average molecular weight is 483 g/mol. The molecule has 1 unspecified atom stereocenters. The summed E-state index contributed by atoms with van der Waals surface area (Å²) in [6.07, 6.45) is 0.484. The Morgan fingerprint density at radius 1 is 1.11 bits per heavy atom. The molecule has 1 aliphatic rings. The Morgan fingerprint density at radius 3 is 2.51 bits per heavy atom. The van der Waals surface area contributed by atoms with Crippen LogP contribution in [0.5, 0.6) is 11.6 Å². The topological polar surface area (TPSA) is 63.0 Å². The number of rotatable bonds is 11. The van der Waals surface area contributed by atoms with Gasteiger partial charge in [-0.2, -0.15) is 5.10 Å². The molecule has 1 saturated heterocycles. The number of β-amino-alcohol motifs (C(OH)–C–C–N with tert-alkyl or cyclic N) is 1. The summed E-state index contributed by atoms with van der Waals surface area (Å²) in [5.41, 5.74) is 2.78. The second-order valence-corrected chi connectivity index (χ2v) is 8.98. The Labute approximate surface area is 206 Å². The first kappa shape index (κ1) is 25.3. The second kappa shape index (κ2) is 12.3. The van der Waals surface area contributed by atoms with Crippen LogP contribution in [0.25, 0.3) is 11.3 Å². The first-order valence-corrected chi connectivity index (χ1v) is 12.3. The molecule has 1 aliphatic heterocycles. The lowest BCUT2D eigenvalue weighted by atomic mass is 10.1. The van der Waals surface area contributed by atoms with Crippen molar-refractivity contribution in [2.24, 2.45) is 7.05 Å². The van der Waals surface area contributed by atoms with Crippen molar-refractivity contribution >= 4 is 0 Å². The van der Waals surface area contributed by atoms with E-state index in [0.29, 0.717) is 44.5 Å². The molecule has 0 bridgehead atoms. The van der Waals surface area contributed by atoms with E-state index >= 15 is 0 Å². The Kier molecular flexibility index (Phi) is 8.87. The standard InChI is InChI=1S/C27H35FN4O3/c1-3-13-32(19-23(33)18-31-14-16-34-17-15-31)20-25-26(21-7-5-4-6-8-21)29-30(2)27(25)35-24-11-9-22(28)10-12-24/h4-12,23,33H,3,13-20H2,1-2H3. The molecule has 0 spiro atoms. The van der Waals surface area contributed by atoms with E-state index in [9.17, 15) is 9.50 Å². The van der Waals surface area contributed by atoms with Gasteiger partial charge in [0.1, 0.15) is 17.3 Å². The molecule has 1 aromatic heterocycles. The Morgan fingerprint density at radius 2 is 1.83 bits per heavy atom. The number of benzene rings is 2. The predicted octanol–water partition coefficient (Wildman–Crippen LogP) is 3.92. The van der Waals surface area contributed by atoms with Gasteiger partial charge in [0.05, 0.1) is 24.9 Å². The molecule has 1 N–H and O–H groups in total. The van der Waals surface area contributed by atoms with Crippen LogP contribution in [0.2, 0.25) is 0 Å². The van der Waals surface area contributed by atoms with Gasteiger partial charge in [-0.3, -0.25) is 9.80 Å². The Bertz CT molecular complexity index is 1050. The van der Waals surface area contributed by atoms with Crippen molar-refractivity contribution in [2.75, 3.05) is 45.9 Å². The van der Waals surface area contributed by atoms with Gasteiger partial charge < -0.3 is 14.6 Å². The number of halogens is 1. The second-order valence-electron chi connectivity index (χ2n) is 8.98. The van der Waals surface area contributed by atoms with Gasteiger partial charge in [-0.05, 0) is 37.2 Å². The van der Waals surface area contributed by atoms with Gasteiger partial charge >= 0.3 is 0 Å². The molecule has 0 aliphatic carbocycles. The number of aliphatic hydroxyl groups excluding tert-OH is 1. The number of morpholine rings is 1. The molecule has 35 heavy (non-hydrogen) atoms. The molecule has 3 aromatic rings. The van der Waals surface area contributed by atoms with Gasteiger partial charge in [-0.15, -0.1) is 0 Å². The highest BCUT2D eigenvalue weighted by molar-refractivity contribution is 5.65. The number of aryl methyl sites for hydroxylation is 1. The number of hydrogen-bond donors (Lipinski definition) is 1. The highest BCUT2D eigenvalue weighted by Crippen LogP contribution is 2.34. The first-order valence-electron chi connectivity index (χ1n) is 12.3. The third kappa shape index (κ3) is 6.89. The summed E-state index contributed by atoms with van der Waals surface area (Å²) in [5, 5.41) is 15.7. The number of ether oxygens (including phenoxy) is 2. The molecular formula is C27H35FN4O3. The van der Waals surface area contributed by atoms with E-state index in [1.165, 1.54) is 12.1 Å². The molecule has 2 heterocycles. The minimum Gasteiger partial charge on any atom is -0.439 e. The highest BCUT2D eigenvalue weighted by atomic mass is 19.1. The van der Waals surface area contributed by atoms with Gasteiger partial charge in [-0.25, -0.2) is 9.07 Å². The molecule has 0 amide bonds. The molecular weight excluding hydrogens is 447 g/mol. The molecule has 8 heteroatoms. The molecule has 2 aromatic carbocycles. The van der Waals surface area contributed by atoms with Crippen molar-refractivity contribution in [3.05, 3.63) is 66.0 Å². The molecule has 7 nitrogen and oxygen atoms in total. The van der Waals surface area contributed by atoms with E-state index < -0.39 is 6.10 Å². The number of hydrogen-bond acceptors (Lipinski definition) is 6. The van der Waals surface area contributed by atoms with E-state index in [2.05, 4.69) is 16.7 Å². The van der Waals surface area contributed by atoms with E-state index in [1.54, 1.807) is 16.8 Å². The zero-order valence-corrected chi connectivity index (χ0v) is 20.6. The minimum absolute atomic E-state index is 0.309. The maximum atomic E-state index is 13.4. The van der Waals surface area contributed by atoms with Crippen molar-refractivity contribution in [1.29, 1.82) is 0 Å². The SMILES string of the molecule is CCCN(Cc1c(-c2ccccc2)nn(C)c1Oc1ccc(F)cc1)CC(O)CN1CCOCC1. The normalized spacial score (nSPS) is 15.5. The van der Waals surface area contributed by atoms with E-state index in [1.807, 2.05) is 37.4 Å².